The molecule has 1 atom stereocenters. The zero-order valence-electron chi connectivity index (χ0n) is 10.6. The minimum Gasteiger partial charge on any atom is -0.341 e. The molecule has 0 aromatic carbocycles. The van der Waals surface area contributed by atoms with Crippen LogP contribution in [0.3, 0.4) is 0 Å². The highest BCUT2D eigenvalue weighted by atomic mass is 35.5. The van der Waals surface area contributed by atoms with Gasteiger partial charge in [-0.25, -0.2) is 0 Å². The summed E-state index contributed by atoms with van der Waals surface area (Å²) in [6.45, 7) is 1.66. The molecule has 1 aliphatic heterocycles. The molecule has 100 valence electrons. The van der Waals surface area contributed by atoms with Crippen molar-refractivity contribution in [2.75, 3.05) is 13.1 Å². The van der Waals surface area contributed by atoms with Gasteiger partial charge in [-0.05, 0) is 18.8 Å². The highest BCUT2D eigenvalue weighted by molar-refractivity contribution is 5.85. The Morgan fingerprint density at radius 2 is 1.88 bits per heavy atom. The molecular weight excluding hydrogens is 236 g/mol. The van der Waals surface area contributed by atoms with Gasteiger partial charge in [-0.15, -0.1) is 12.4 Å². The van der Waals surface area contributed by atoms with E-state index in [0.29, 0.717) is 5.91 Å². The lowest BCUT2D eigenvalue weighted by Crippen LogP contribution is -2.32. The smallest absolute Gasteiger partial charge is 0.222 e. The van der Waals surface area contributed by atoms with Gasteiger partial charge in [-0.1, -0.05) is 32.1 Å². The van der Waals surface area contributed by atoms with Gasteiger partial charge in [0.15, 0.2) is 0 Å². The zero-order valence-corrected chi connectivity index (χ0v) is 11.4. The van der Waals surface area contributed by atoms with Gasteiger partial charge < -0.3 is 10.6 Å². The van der Waals surface area contributed by atoms with Gasteiger partial charge in [-0.3, -0.25) is 4.79 Å². The number of carbonyl (C=O) groups excluding carboxylic acids is 1. The van der Waals surface area contributed by atoms with E-state index in [0.717, 1.165) is 38.3 Å². The Balaban J connectivity index is 0.00000144. The van der Waals surface area contributed by atoms with Crippen LogP contribution in [0.25, 0.3) is 0 Å². The third kappa shape index (κ3) is 4.47. The maximum atomic E-state index is 11.9. The first kappa shape index (κ1) is 14.8. The van der Waals surface area contributed by atoms with E-state index in [1.54, 1.807) is 0 Å². The van der Waals surface area contributed by atoms with E-state index in [1.807, 2.05) is 4.90 Å². The first-order valence-corrected chi connectivity index (χ1v) is 6.79. The van der Waals surface area contributed by atoms with E-state index in [4.69, 9.17) is 5.73 Å². The molecule has 1 amide bonds. The number of hydrogen-bond acceptors (Lipinski definition) is 2. The first-order valence-electron chi connectivity index (χ1n) is 6.79. The molecule has 1 saturated heterocycles. The Hall–Kier alpha value is -0.280. The van der Waals surface area contributed by atoms with Crippen LogP contribution in [0.4, 0.5) is 0 Å². The molecule has 2 fully saturated rings. The molecule has 1 saturated carbocycles. The number of likely N-dealkylation sites (tertiary alicyclic amines) is 1. The third-order valence-electron chi connectivity index (χ3n) is 4.07. The molecule has 0 spiro atoms. The van der Waals surface area contributed by atoms with E-state index >= 15 is 0 Å². The quantitative estimate of drug-likeness (QED) is 0.847. The van der Waals surface area contributed by atoms with Gasteiger partial charge in [0.2, 0.25) is 5.91 Å². The summed E-state index contributed by atoms with van der Waals surface area (Å²) in [5.74, 6) is 1.15. The highest BCUT2D eigenvalue weighted by Crippen LogP contribution is 2.27. The minimum absolute atomic E-state index is 0. The molecular formula is C13H25ClN2O. The standard InChI is InChI=1S/C13H24N2O.ClH/c14-12-8-9-15(10-12)13(16)7-6-11-4-2-1-3-5-11;/h11-12H,1-10,14H2;1H/t12-;/m0./s1. The lowest BCUT2D eigenvalue weighted by Gasteiger charge is -2.22. The minimum atomic E-state index is 0. The average molecular weight is 261 g/mol. The fourth-order valence-corrected chi connectivity index (χ4v) is 2.98. The Bertz CT molecular complexity index is 242. The molecule has 0 radical (unpaired) electrons. The van der Waals surface area contributed by atoms with Crippen LogP contribution in [0.1, 0.15) is 51.4 Å². The molecule has 2 rings (SSSR count). The molecule has 2 aliphatic rings. The summed E-state index contributed by atoms with van der Waals surface area (Å²) in [4.78, 5) is 13.9. The van der Waals surface area contributed by atoms with Crippen molar-refractivity contribution in [3.8, 4) is 0 Å². The summed E-state index contributed by atoms with van der Waals surface area (Å²) < 4.78 is 0. The molecule has 0 bridgehead atoms. The molecule has 0 aromatic rings. The summed E-state index contributed by atoms with van der Waals surface area (Å²) in [5, 5.41) is 0. The second-order valence-corrected chi connectivity index (χ2v) is 5.43. The number of nitrogens with zero attached hydrogens (tertiary/aromatic N) is 1. The van der Waals surface area contributed by atoms with Gasteiger partial charge in [0.25, 0.3) is 0 Å². The Morgan fingerprint density at radius 3 is 2.47 bits per heavy atom. The van der Waals surface area contributed by atoms with Crippen molar-refractivity contribution in [2.45, 2.75) is 57.4 Å². The molecule has 1 aliphatic carbocycles. The molecule has 17 heavy (non-hydrogen) atoms. The predicted octanol–water partition coefficient (Wildman–Crippen LogP) is 2.33. The van der Waals surface area contributed by atoms with Crippen LogP contribution in [-0.4, -0.2) is 29.9 Å². The normalized spacial score (nSPS) is 25.7. The fourth-order valence-electron chi connectivity index (χ4n) is 2.98. The van der Waals surface area contributed by atoms with Crippen LogP contribution in [0.5, 0.6) is 0 Å². The van der Waals surface area contributed by atoms with Crippen LogP contribution in [0.2, 0.25) is 0 Å². The monoisotopic (exact) mass is 260 g/mol. The lowest BCUT2D eigenvalue weighted by molar-refractivity contribution is -0.130. The van der Waals surface area contributed by atoms with Crippen molar-refractivity contribution in [1.82, 2.24) is 4.90 Å². The molecule has 1 heterocycles. The van der Waals surface area contributed by atoms with Crippen LogP contribution in [-0.2, 0) is 4.79 Å². The van der Waals surface area contributed by atoms with Gasteiger partial charge in [-0.2, -0.15) is 0 Å². The average Bonchev–Trinajstić information content (AvgIpc) is 2.74. The summed E-state index contributed by atoms with van der Waals surface area (Å²) in [7, 11) is 0. The van der Waals surface area contributed by atoms with Crippen LogP contribution in [0, 0.1) is 5.92 Å². The Kier molecular flexibility index (Phi) is 6.28. The maximum Gasteiger partial charge on any atom is 0.222 e. The number of nitrogens with two attached hydrogens (primary N) is 1. The molecule has 3 nitrogen and oxygen atoms in total. The highest BCUT2D eigenvalue weighted by Gasteiger charge is 2.24. The van der Waals surface area contributed by atoms with E-state index in [1.165, 1.54) is 32.1 Å². The number of amides is 1. The second kappa shape index (κ2) is 7.22. The molecule has 0 aromatic heterocycles. The van der Waals surface area contributed by atoms with E-state index in [2.05, 4.69) is 0 Å². The van der Waals surface area contributed by atoms with E-state index in [9.17, 15) is 4.79 Å². The van der Waals surface area contributed by atoms with Gasteiger partial charge in [0, 0.05) is 25.6 Å². The topological polar surface area (TPSA) is 46.3 Å². The van der Waals surface area contributed by atoms with Crippen molar-refractivity contribution in [1.29, 1.82) is 0 Å². The summed E-state index contributed by atoms with van der Waals surface area (Å²) in [5.41, 5.74) is 5.81. The van der Waals surface area contributed by atoms with Crippen LogP contribution >= 0.6 is 12.4 Å². The third-order valence-corrected chi connectivity index (χ3v) is 4.07. The Labute approximate surface area is 111 Å². The molecule has 2 N–H and O–H groups in total. The molecule has 4 heteroatoms. The van der Waals surface area contributed by atoms with Crippen molar-refractivity contribution >= 4 is 18.3 Å². The summed E-state index contributed by atoms with van der Waals surface area (Å²) >= 11 is 0. The van der Waals surface area contributed by atoms with Crippen molar-refractivity contribution in [3.05, 3.63) is 0 Å². The maximum absolute atomic E-state index is 11.9. The lowest BCUT2D eigenvalue weighted by atomic mass is 9.86. The fraction of sp³-hybridized carbons (Fsp3) is 0.923. The van der Waals surface area contributed by atoms with Crippen LogP contribution in [0.15, 0.2) is 0 Å². The van der Waals surface area contributed by atoms with Crippen molar-refractivity contribution in [2.24, 2.45) is 11.7 Å². The summed E-state index contributed by atoms with van der Waals surface area (Å²) in [6.07, 6.45) is 9.64. The van der Waals surface area contributed by atoms with Crippen molar-refractivity contribution < 1.29 is 4.79 Å². The number of carbonyl (C=O) groups is 1. The number of halogens is 1. The van der Waals surface area contributed by atoms with Gasteiger partial charge in [0.05, 0.1) is 0 Å². The van der Waals surface area contributed by atoms with Gasteiger partial charge >= 0.3 is 0 Å². The van der Waals surface area contributed by atoms with E-state index in [-0.39, 0.29) is 18.4 Å². The van der Waals surface area contributed by atoms with Crippen molar-refractivity contribution in [3.63, 3.8) is 0 Å². The number of hydrogen-bond donors (Lipinski definition) is 1. The van der Waals surface area contributed by atoms with Gasteiger partial charge in [0.1, 0.15) is 0 Å². The SMILES string of the molecule is Cl.N[C@H]1CCN(C(=O)CCC2CCCCC2)C1. The number of rotatable bonds is 3. The summed E-state index contributed by atoms with van der Waals surface area (Å²) in [6, 6.07) is 0.221. The Morgan fingerprint density at radius 1 is 1.18 bits per heavy atom. The van der Waals surface area contributed by atoms with E-state index < -0.39 is 0 Å². The largest absolute Gasteiger partial charge is 0.341 e. The second-order valence-electron chi connectivity index (χ2n) is 5.43. The zero-order chi connectivity index (χ0) is 11.4. The van der Waals surface area contributed by atoms with Crippen LogP contribution < -0.4 is 5.73 Å². The first-order chi connectivity index (χ1) is 7.75. The molecule has 0 unspecified atom stereocenters. The predicted molar refractivity (Wildman–Crippen MR) is 72.2 cm³/mol.